The Labute approximate surface area is 69.3 Å². The van der Waals surface area contributed by atoms with Gasteiger partial charge in [0, 0.05) is 0 Å². The molecule has 62 valence electrons. The first-order valence-electron chi connectivity index (χ1n) is 3.35. The summed E-state index contributed by atoms with van der Waals surface area (Å²) in [5, 5.41) is 8.77. The lowest BCUT2D eigenvalue weighted by atomic mass is 10.4. The first-order chi connectivity index (χ1) is 5.68. The van der Waals surface area contributed by atoms with E-state index in [0.717, 1.165) is 12.4 Å². The quantitative estimate of drug-likeness (QED) is 0.565. The molecule has 0 fully saturated rings. The van der Waals surface area contributed by atoms with Crippen LogP contribution in [0.25, 0.3) is 0 Å². The van der Waals surface area contributed by atoms with Gasteiger partial charge in [0.25, 0.3) is 0 Å². The fourth-order valence-corrected chi connectivity index (χ4v) is 0.546. The van der Waals surface area contributed by atoms with E-state index in [0.29, 0.717) is 0 Å². The van der Waals surface area contributed by atoms with Crippen molar-refractivity contribution in [3.8, 4) is 11.8 Å². The van der Waals surface area contributed by atoms with Crippen LogP contribution in [-0.2, 0) is 0 Å². The normalized spacial score (nSPS) is 11.6. The summed E-state index contributed by atoms with van der Waals surface area (Å²) in [7, 11) is 0. The van der Waals surface area contributed by atoms with E-state index in [1.54, 1.807) is 0 Å². The van der Waals surface area contributed by atoms with E-state index in [-0.39, 0.29) is 5.82 Å². The lowest BCUT2D eigenvalue weighted by Gasteiger charge is -1.89. The molecule has 12 heavy (non-hydrogen) atoms. The van der Waals surface area contributed by atoms with E-state index in [1.165, 1.54) is 6.92 Å². The van der Waals surface area contributed by atoms with Gasteiger partial charge in [-0.25, -0.2) is 14.4 Å². The molecule has 1 rings (SSSR count). The maximum absolute atomic E-state index is 12.3. The summed E-state index contributed by atoms with van der Waals surface area (Å²) in [4.78, 5) is 7.16. The third-order valence-electron chi connectivity index (χ3n) is 1.01. The van der Waals surface area contributed by atoms with Crippen LogP contribution in [0, 0.1) is 17.7 Å². The maximum atomic E-state index is 12.3. The van der Waals surface area contributed by atoms with Crippen molar-refractivity contribution in [2.45, 2.75) is 13.0 Å². The molecular weight excluding hydrogens is 159 g/mol. The van der Waals surface area contributed by atoms with Crippen LogP contribution in [0.3, 0.4) is 0 Å². The Morgan fingerprint density at radius 2 is 2.08 bits per heavy atom. The van der Waals surface area contributed by atoms with Crippen LogP contribution in [0.1, 0.15) is 12.7 Å². The van der Waals surface area contributed by atoms with E-state index in [1.807, 2.05) is 0 Å². The summed E-state index contributed by atoms with van der Waals surface area (Å²) in [6.07, 6.45) is 1.33. The number of aliphatic hydroxyl groups is 1. The van der Waals surface area contributed by atoms with Crippen molar-refractivity contribution in [1.29, 1.82) is 0 Å². The van der Waals surface area contributed by atoms with Crippen molar-refractivity contribution in [1.82, 2.24) is 9.97 Å². The Morgan fingerprint density at radius 1 is 1.50 bits per heavy atom. The molecule has 1 atom stereocenters. The number of hydrogen-bond donors (Lipinski definition) is 1. The van der Waals surface area contributed by atoms with Gasteiger partial charge in [-0.1, -0.05) is 5.92 Å². The fraction of sp³-hybridized carbons (Fsp3) is 0.250. The van der Waals surface area contributed by atoms with E-state index < -0.39 is 11.9 Å². The SMILES string of the molecule is CC(O)C#Cc1ncc(F)cn1. The van der Waals surface area contributed by atoms with Crippen LogP contribution in [0.4, 0.5) is 4.39 Å². The molecule has 0 aliphatic carbocycles. The molecule has 1 aromatic rings. The van der Waals surface area contributed by atoms with Gasteiger partial charge in [0.15, 0.2) is 5.82 Å². The van der Waals surface area contributed by atoms with Crippen molar-refractivity contribution in [3.63, 3.8) is 0 Å². The number of nitrogens with zero attached hydrogens (tertiary/aromatic N) is 2. The zero-order chi connectivity index (χ0) is 8.97. The average Bonchev–Trinajstić information content (AvgIpc) is 2.03. The average molecular weight is 166 g/mol. The molecule has 0 aromatic carbocycles. The van der Waals surface area contributed by atoms with Gasteiger partial charge in [0.2, 0.25) is 5.82 Å². The molecule has 1 aromatic heterocycles. The second-order valence-corrected chi connectivity index (χ2v) is 2.17. The molecule has 0 bridgehead atoms. The monoisotopic (exact) mass is 166 g/mol. The number of rotatable bonds is 0. The van der Waals surface area contributed by atoms with E-state index in [2.05, 4.69) is 21.8 Å². The van der Waals surface area contributed by atoms with Crippen LogP contribution >= 0.6 is 0 Å². The molecule has 1 heterocycles. The highest BCUT2D eigenvalue weighted by molar-refractivity contribution is 5.21. The molecular formula is C8H7FN2O. The lowest BCUT2D eigenvalue weighted by Crippen LogP contribution is -1.95. The van der Waals surface area contributed by atoms with Crippen LogP contribution in [0.5, 0.6) is 0 Å². The molecule has 1 unspecified atom stereocenters. The fourth-order valence-electron chi connectivity index (χ4n) is 0.546. The zero-order valence-corrected chi connectivity index (χ0v) is 6.45. The molecule has 3 nitrogen and oxygen atoms in total. The highest BCUT2D eigenvalue weighted by atomic mass is 19.1. The summed E-state index contributed by atoms with van der Waals surface area (Å²) in [6, 6.07) is 0. The smallest absolute Gasteiger partial charge is 0.205 e. The van der Waals surface area contributed by atoms with Gasteiger partial charge in [-0.15, -0.1) is 0 Å². The molecule has 0 amide bonds. The van der Waals surface area contributed by atoms with Gasteiger partial charge in [-0.3, -0.25) is 0 Å². The third-order valence-corrected chi connectivity index (χ3v) is 1.01. The van der Waals surface area contributed by atoms with Gasteiger partial charge < -0.3 is 5.11 Å². The van der Waals surface area contributed by atoms with Gasteiger partial charge in [0.1, 0.15) is 6.10 Å². The predicted molar refractivity (Wildman–Crippen MR) is 40.5 cm³/mol. The molecule has 0 saturated carbocycles. The van der Waals surface area contributed by atoms with Gasteiger partial charge in [0.05, 0.1) is 12.4 Å². The molecule has 4 heteroatoms. The van der Waals surface area contributed by atoms with Crippen LogP contribution in [0.2, 0.25) is 0 Å². The van der Waals surface area contributed by atoms with Gasteiger partial charge >= 0.3 is 0 Å². The van der Waals surface area contributed by atoms with Crippen molar-refractivity contribution in [2.24, 2.45) is 0 Å². The Bertz CT molecular complexity index is 310. The highest BCUT2D eigenvalue weighted by Gasteiger charge is 1.91. The molecule has 0 saturated heterocycles. The number of halogens is 1. The Balaban J connectivity index is 2.79. The Kier molecular flexibility index (Phi) is 2.72. The topological polar surface area (TPSA) is 46.0 Å². The number of hydrogen-bond acceptors (Lipinski definition) is 3. The lowest BCUT2D eigenvalue weighted by molar-refractivity contribution is 0.253. The van der Waals surface area contributed by atoms with Crippen molar-refractivity contribution >= 4 is 0 Å². The van der Waals surface area contributed by atoms with Gasteiger partial charge in [-0.05, 0) is 12.8 Å². The predicted octanol–water partition coefficient (Wildman–Crippen LogP) is 0.348. The second kappa shape index (κ2) is 3.79. The van der Waals surface area contributed by atoms with E-state index in [4.69, 9.17) is 5.11 Å². The largest absolute Gasteiger partial charge is 0.381 e. The van der Waals surface area contributed by atoms with Crippen LogP contribution < -0.4 is 0 Å². The van der Waals surface area contributed by atoms with E-state index >= 15 is 0 Å². The van der Waals surface area contributed by atoms with Crippen molar-refractivity contribution < 1.29 is 9.50 Å². The summed E-state index contributed by atoms with van der Waals surface area (Å²) in [5.74, 6) is 4.63. The molecule has 1 N–H and O–H groups in total. The van der Waals surface area contributed by atoms with Crippen LogP contribution in [0.15, 0.2) is 12.4 Å². The summed E-state index contributed by atoms with van der Waals surface area (Å²) in [6.45, 7) is 1.52. The molecule has 0 spiro atoms. The molecule has 0 radical (unpaired) electrons. The van der Waals surface area contributed by atoms with Crippen LogP contribution in [-0.4, -0.2) is 21.2 Å². The summed E-state index contributed by atoms with van der Waals surface area (Å²) < 4.78 is 12.3. The minimum atomic E-state index is -0.723. The van der Waals surface area contributed by atoms with E-state index in [9.17, 15) is 4.39 Å². The minimum absolute atomic E-state index is 0.206. The first-order valence-corrected chi connectivity index (χ1v) is 3.35. The summed E-state index contributed by atoms with van der Waals surface area (Å²) in [5.41, 5.74) is 0. The summed E-state index contributed by atoms with van der Waals surface area (Å²) >= 11 is 0. The maximum Gasteiger partial charge on any atom is 0.205 e. The second-order valence-electron chi connectivity index (χ2n) is 2.17. The number of aliphatic hydroxyl groups excluding tert-OH is 1. The Hall–Kier alpha value is -1.47. The third kappa shape index (κ3) is 2.64. The van der Waals surface area contributed by atoms with Crippen molar-refractivity contribution in [3.05, 3.63) is 24.0 Å². The molecule has 0 aliphatic rings. The van der Waals surface area contributed by atoms with Crippen molar-refractivity contribution in [2.75, 3.05) is 0 Å². The van der Waals surface area contributed by atoms with Gasteiger partial charge in [-0.2, -0.15) is 0 Å². The zero-order valence-electron chi connectivity index (χ0n) is 6.45. The molecule has 0 aliphatic heterocycles. The highest BCUT2D eigenvalue weighted by Crippen LogP contribution is 1.90. The number of aromatic nitrogens is 2. The standard InChI is InChI=1S/C8H7FN2O/c1-6(12)2-3-8-10-4-7(9)5-11-8/h4-6,12H,1H3. The minimum Gasteiger partial charge on any atom is -0.381 e. The first kappa shape index (κ1) is 8.62. The Morgan fingerprint density at radius 3 is 2.58 bits per heavy atom.